The first-order chi connectivity index (χ1) is 8.84. The summed E-state index contributed by atoms with van der Waals surface area (Å²) in [6, 6.07) is 3.72. The minimum Gasteiger partial charge on any atom is -0.467 e. The number of rotatable bonds is 3. The molecule has 0 atom stereocenters. The Kier molecular flexibility index (Phi) is 2.73. The first kappa shape index (κ1) is 10.8. The van der Waals surface area contributed by atoms with Crippen molar-refractivity contribution in [3.63, 3.8) is 0 Å². The lowest BCUT2D eigenvalue weighted by atomic mass is 10.4. The molecule has 0 aliphatic rings. The van der Waals surface area contributed by atoms with E-state index in [2.05, 4.69) is 20.2 Å². The van der Waals surface area contributed by atoms with Crippen LogP contribution < -0.4 is 0 Å². The number of nitrogens with zero attached hydrogens (tertiary/aromatic N) is 4. The molecular formula is C11H9N5OS. The maximum atomic E-state index is 5.31. The Morgan fingerprint density at radius 2 is 2.33 bits per heavy atom. The van der Waals surface area contributed by atoms with Gasteiger partial charge in [-0.25, -0.2) is 4.98 Å². The van der Waals surface area contributed by atoms with Gasteiger partial charge in [-0.3, -0.25) is 14.6 Å². The van der Waals surface area contributed by atoms with Gasteiger partial charge in [0.25, 0.3) is 0 Å². The molecule has 3 aromatic rings. The number of aromatic amines is 1. The van der Waals surface area contributed by atoms with Gasteiger partial charge in [0.1, 0.15) is 11.5 Å². The lowest BCUT2D eigenvalue weighted by Gasteiger charge is -2.03. The summed E-state index contributed by atoms with van der Waals surface area (Å²) in [6.07, 6.45) is 6.50. The van der Waals surface area contributed by atoms with Gasteiger partial charge in [-0.15, -0.1) is 0 Å². The Labute approximate surface area is 107 Å². The summed E-state index contributed by atoms with van der Waals surface area (Å²) in [7, 11) is 0. The molecule has 3 heterocycles. The molecule has 3 aromatic heterocycles. The molecule has 0 aliphatic heterocycles. The van der Waals surface area contributed by atoms with Gasteiger partial charge in [-0.05, 0) is 24.4 Å². The molecule has 3 rings (SSSR count). The van der Waals surface area contributed by atoms with Crippen LogP contribution in [0.2, 0.25) is 0 Å². The fraction of sp³-hybridized carbons (Fsp3) is 0.0909. The van der Waals surface area contributed by atoms with E-state index in [1.54, 1.807) is 24.9 Å². The number of furan rings is 1. The van der Waals surface area contributed by atoms with Gasteiger partial charge in [0, 0.05) is 12.4 Å². The van der Waals surface area contributed by atoms with Gasteiger partial charge in [-0.1, -0.05) is 0 Å². The molecular weight excluding hydrogens is 250 g/mol. The number of H-pyrrole nitrogens is 1. The van der Waals surface area contributed by atoms with Crippen molar-refractivity contribution in [2.75, 3.05) is 0 Å². The summed E-state index contributed by atoms with van der Waals surface area (Å²) in [5.74, 6) is 1.45. The van der Waals surface area contributed by atoms with Crippen molar-refractivity contribution in [1.82, 2.24) is 24.7 Å². The third-order valence-electron chi connectivity index (χ3n) is 2.44. The van der Waals surface area contributed by atoms with Crippen LogP contribution in [-0.4, -0.2) is 24.7 Å². The van der Waals surface area contributed by atoms with Gasteiger partial charge in [-0.2, -0.15) is 5.10 Å². The Bertz CT molecular complexity index is 686. The van der Waals surface area contributed by atoms with Crippen molar-refractivity contribution >= 4 is 12.2 Å². The van der Waals surface area contributed by atoms with Crippen LogP contribution >= 0.6 is 12.2 Å². The highest BCUT2D eigenvalue weighted by Crippen LogP contribution is 2.15. The Balaban J connectivity index is 2.04. The fourth-order valence-corrected chi connectivity index (χ4v) is 1.83. The molecule has 0 radical (unpaired) electrons. The van der Waals surface area contributed by atoms with E-state index in [1.165, 1.54) is 0 Å². The first-order valence-electron chi connectivity index (χ1n) is 5.28. The van der Waals surface area contributed by atoms with Gasteiger partial charge in [0.2, 0.25) is 0 Å². The average Bonchev–Trinajstić information content (AvgIpc) is 3.03. The normalized spacial score (nSPS) is 10.7. The zero-order valence-corrected chi connectivity index (χ0v) is 10.1. The van der Waals surface area contributed by atoms with Crippen LogP contribution in [0.4, 0.5) is 0 Å². The van der Waals surface area contributed by atoms with E-state index < -0.39 is 0 Å². The van der Waals surface area contributed by atoms with Crippen LogP contribution in [0.25, 0.3) is 11.5 Å². The predicted molar refractivity (Wildman–Crippen MR) is 66.2 cm³/mol. The summed E-state index contributed by atoms with van der Waals surface area (Å²) < 4.78 is 7.65. The van der Waals surface area contributed by atoms with Crippen molar-refractivity contribution in [1.29, 1.82) is 0 Å². The van der Waals surface area contributed by atoms with E-state index in [0.29, 0.717) is 22.8 Å². The van der Waals surface area contributed by atoms with Crippen molar-refractivity contribution < 1.29 is 4.42 Å². The third-order valence-corrected chi connectivity index (χ3v) is 2.76. The van der Waals surface area contributed by atoms with E-state index in [1.807, 2.05) is 16.7 Å². The second-order valence-corrected chi connectivity index (χ2v) is 4.00. The maximum Gasteiger partial charge on any atom is 0.195 e. The van der Waals surface area contributed by atoms with Crippen LogP contribution in [0.15, 0.2) is 41.4 Å². The Morgan fingerprint density at radius 1 is 1.39 bits per heavy atom. The molecule has 0 saturated heterocycles. The second-order valence-electron chi connectivity index (χ2n) is 3.61. The third kappa shape index (κ3) is 1.95. The quantitative estimate of drug-likeness (QED) is 0.729. The Hall–Kier alpha value is -2.28. The largest absolute Gasteiger partial charge is 0.467 e. The fourth-order valence-electron chi connectivity index (χ4n) is 1.63. The highest BCUT2D eigenvalue weighted by atomic mass is 32.1. The second kappa shape index (κ2) is 4.53. The van der Waals surface area contributed by atoms with E-state index in [4.69, 9.17) is 16.6 Å². The van der Waals surface area contributed by atoms with Crippen LogP contribution in [-0.2, 0) is 6.54 Å². The zero-order valence-electron chi connectivity index (χ0n) is 9.28. The van der Waals surface area contributed by atoms with E-state index >= 15 is 0 Å². The predicted octanol–water partition coefficient (Wildman–Crippen LogP) is 2.04. The van der Waals surface area contributed by atoms with E-state index in [-0.39, 0.29) is 0 Å². The van der Waals surface area contributed by atoms with Crippen molar-refractivity contribution in [3.05, 3.63) is 47.5 Å². The van der Waals surface area contributed by atoms with Gasteiger partial charge in [0.05, 0.1) is 19.0 Å². The summed E-state index contributed by atoms with van der Waals surface area (Å²) in [5.41, 5.74) is 0.663. The topological polar surface area (TPSA) is 72.5 Å². The monoisotopic (exact) mass is 259 g/mol. The molecule has 7 heteroatoms. The maximum absolute atomic E-state index is 5.31. The van der Waals surface area contributed by atoms with E-state index in [9.17, 15) is 0 Å². The number of aromatic nitrogens is 5. The highest BCUT2D eigenvalue weighted by molar-refractivity contribution is 7.71. The minimum atomic E-state index is 0.508. The summed E-state index contributed by atoms with van der Waals surface area (Å²) in [5, 5.41) is 6.92. The number of nitrogens with one attached hydrogen (secondary N) is 1. The molecule has 0 fully saturated rings. The standard InChI is InChI=1S/C11H9N5OS/c18-11-15-14-10(9-6-12-3-4-13-9)16(11)7-8-2-1-5-17-8/h1-6H,7H2,(H,15,18). The highest BCUT2D eigenvalue weighted by Gasteiger charge is 2.11. The average molecular weight is 259 g/mol. The number of hydrogen-bond acceptors (Lipinski definition) is 5. The van der Waals surface area contributed by atoms with Crippen LogP contribution in [0.5, 0.6) is 0 Å². The lowest BCUT2D eigenvalue weighted by Crippen LogP contribution is -2.02. The van der Waals surface area contributed by atoms with Gasteiger partial charge < -0.3 is 4.42 Å². The van der Waals surface area contributed by atoms with Crippen molar-refractivity contribution in [2.45, 2.75) is 6.54 Å². The lowest BCUT2D eigenvalue weighted by molar-refractivity contribution is 0.493. The minimum absolute atomic E-state index is 0.508. The van der Waals surface area contributed by atoms with Crippen LogP contribution in [0, 0.1) is 4.77 Å². The molecule has 1 N–H and O–H groups in total. The SMILES string of the molecule is S=c1[nH]nc(-c2cnccn2)n1Cc1ccco1. The summed E-state index contributed by atoms with van der Waals surface area (Å²) >= 11 is 5.20. The van der Waals surface area contributed by atoms with Crippen molar-refractivity contribution in [2.24, 2.45) is 0 Å². The molecule has 0 amide bonds. The molecule has 0 bridgehead atoms. The van der Waals surface area contributed by atoms with Crippen LogP contribution in [0.3, 0.4) is 0 Å². The first-order valence-corrected chi connectivity index (χ1v) is 5.69. The molecule has 0 saturated carbocycles. The van der Waals surface area contributed by atoms with Gasteiger partial charge in [0.15, 0.2) is 10.6 Å². The number of hydrogen-bond donors (Lipinski definition) is 1. The molecule has 0 spiro atoms. The Morgan fingerprint density at radius 3 is 3.06 bits per heavy atom. The van der Waals surface area contributed by atoms with Crippen LogP contribution in [0.1, 0.15) is 5.76 Å². The zero-order chi connectivity index (χ0) is 12.4. The van der Waals surface area contributed by atoms with E-state index in [0.717, 1.165) is 5.76 Å². The van der Waals surface area contributed by atoms with Gasteiger partial charge >= 0.3 is 0 Å². The molecule has 0 aromatic carbocycles. The summed E-state index contributed by atoms with van der Waals surface area (Å²) in [4.78, 5) is 8.23. The smallest absolute Gasteiger partial charge is 0.195 e. The molecule has 90 valence electrons. The van der Waals surface area contributed by atoms with Crippen molar-refractivity contribution in [3.8, 4) is 11.5 Å². The summed E-state index contributed by atoms with van der Waals surface area (Å²) in [6.45, 7) is 0.508. The molecule has 0 aliphatic carbocycles. The molecule has 18 heavy (non-hydrogen) atoms. The molecule has 0 unspecified atom stereocenters. The molecule has 6 nitrogen and oxygen atoms in total.